The first-order valence-electron chi connectivity index (χ1n) is 3.73. The average Bonchev–Trinajstić information content (AvgIpc) is 2.49. The van der Waals surface area contributed by atoms with Crippen molar-refractivity contribution in [2.75, 3.05) is 0 Å². The van der Waals surface area contributed by atoms with Crippen molar-refractivity contribution in [3.8, 4) is 0 Å². The minimum Gasteiger partial charge on any atom is -0.311 e. The number of H-pyrrole nitrogens is 2. The second kappa shape index (κ2) is 2.44. The predicted octanol–water partition coefficient (Wildman–Crippen LogP) is 0.209. The Bertz CT molecular complexity index is 456. The lowest BCUT2D eigenvalue weighted by molar-refractivity contribution is 0.984. The second-order valence-corrected chi connectivity index (χ2v) is 2.48. The van der Waals surface area contributed by atoms with E-state index in [1.54, 1.807) is 0 Å². The summed E-state index contributed by atoms with van der Waals surface area (Å²) in [5.41, 5.74) is 1.75. The molecule has 0 fully saturated rings. The van der Waals surface area contributed by atoms with Gasteiger partial charge in [-0.1, -0.05) is 6.92 Å². The van der Waals surface area contributed by atoms with E-state index in [1.165, 1.54) is 6.33 Å². The summed E-state index contributed by atoms with van der Waals surface area (Å²) in [6.07, 6.45) is 2.19. The van der Waals surface area contributed by atoms with Crippen molar-refractivity contribution < 1.29 is 0 Å². The van der Waals surface area contributed by atoms with Gasteiger partial charge in [0.1, 0.15) is 5.52 Å². The highest BCUT2D eigenvalue weighted by atomic mass is 16.1. The van der Waals surface area contributed by atoms with Gasteiger partial charge in [0.05, 0.1) is 12.0 Å². The number of aromatic nitrogens is 4. The first kappa shape index (κ1) is 7.02. The summed E-state index contributed by atoms with van der Waals surface area (Å²) in [5.74, 6) is 0. The molecule has 0 aromatic carbocycles. The van der Waals surface area contributed by atoms with E-state index in [1.807, 2.05) is 6.92 Å². The van der Waals surface area contributed by atoms with Crippen molar-refractivity contribution in [2.45, 2.75) is 13.3 Å². The largest absolute Gasteiger partial charge is 0.311 e. The number of nitrogens with one attached hydrogen (secondary N) is 2. The Balaban J connectivity index is 2.89. The molecule has 0 saturated heterocycles. The van der Waals surface area contributed by atoms with E-state index in [2.05, 4.69) is 20.2 Å². The quantitative estimate of drug-likeness (QED) is 0.632. The lowest BCUT2D eigenvalue weighted by atomic mass is 10.3. The SMILES string of the molecule is CCc1[nH]nc2c(=O)[nH]cnc12. The first-order chi connectivity index (χ1) is 5.83. The highest BCUT2D eigenvalue weighted by molar-refractivity contribution is 5.75. The van der Waals surface area contributed by atoms with Gasteiger partial charge >= 0.3 is 0 Å². The molecule has 2 N–H and O–H groups in total. The molecule has 12 heavy (non-hydrogen) atoms. The van der Waals surface area contributed by atoms with E-state index < -0.39 is 0 Å². The molecule has 0 amide bonds. The molecular weight excluding hydrogens is 156 g/mol. The van der Waals surface area contributed by atoms with Gasteiger partial charge in [0.15, 0.2) is 5.52 Å². The molecule has 2 heterocycles. The van der Waals surface area contributed by atoms with Crippen molar-refractivity contribution in [3.63, 3.8) is 0 Å². The van der Waals surface area contributed by atoms with Crippen LogP contribution in [0.25, 0.3) is 11.0 Å². The molecule has 0 saturated carbocycles. The highest BCUT2D eigenvalue weighted by Crippen LogP contribution is 2.07. The molecule has 0 radical (unpaired) electrons. The van der Waals surface area contributed by atoms with Crippen LogP contribution in [-0.4, -0.2) is 20.2 Å². The van der Waals surface area contributed by atoms with E-state index in [0.717, 1.165) is 12.1 Å². The number of hydrogen-bond acceptors (Lipinski definition) is 3. The molecule has 0 aliphatic heterocycles. The zero-order valence-corrected chi connectivity index (χ0v) is 6.59. The van der Waals surface area contributed by atoms with E-state index in [0.29, 0.717) is 11.0 Å². The Hall–Kier alpha value is -1.65. The van der Waals surface area contributed by atoms with Crippen LogP contribution < -0.4 is 5.56 Å². The molecule has 2 aromatic heterocycles. The van der Waals surface area contributed by atoms with Gasteiger partial charge in [0.25, 0.3) is 5.56 Å². The van der Waals surface area contributed by atoms with E-state index in [9.17, 15) is 4.79 Å². The monoisotopic (exact) mass is 164 g/mol. The van der Waals surface area contributed by atoms with E-state index in [-0.39, 0.29) is 5.56 Å². The van der Waals surface area contributed by atoms with Crippen LogP contribution in [0.3, 0.4) is 0 Å². The molecule has 0 aliphatic carbocycles. The van der Waals surface area contributed by atoms with Crippen molar-refractivity contribution in [2.24, 2.45) is 0 Å². The summed E-state index contributed by atoms with van der Waals surface area (Å²) >= 11 is 0. The Morgan fingerprint density at radius 3 is 3.08 bits per heavy atom. The Morgan fingerprint density at radius 1 is 1.50 bits per heavy atom. The third-order valence-electron chi connectivity index (χ3n) is 1.77. The van der Waals surface area contributed by atoms with Crippen LogP contribution in [0.1, 0.15) is 12.6 Å². The maximum absolute atomic E-state index is 11.1. The fourth-order valence-electron chi connectivity index (χ4n) is 1.14. The minimum absolute atomic E-state index is 0.198. The van der Waals surface area contributed by atoms with E-state index in [4.69, 9.17) is 0 Å². The predicted molar refractivity (Wildman–Crippen MR) is 43.9 cm³/mol. The highest BCUT2D eigenvalue weighted by Gasteiger charge is 2.06. The lowest BCUT2D eigenvalue weighted by Gasteiger charge is -1.88. The summed E-state index contributed by atoms with van der Waals surface area (Å²) in [6.45, 7) is 1.98. The zero-order chi connectivity index (χ0) is 8.55. The fraction of sp³-hybridized carbons (Fsp3) is 0.286. The van der Waals surface area contributed by atoms with Crippen LogP contribution >= 0.6 is 0 Å². The number of nitrogens with zero attached hydrogens (tertiary/aromatic N) is 2. The summed E-state index contributed by atoms with van der Waals surface area (Å²) in [7, 11) is 0. The summed E-state index contributed by atoms with van der Waals surface area (Å²) in [5, 5.41) is 6.63. The lowest BCUT2D eigenvalue weighted by Crippen LogP contribution is -2.05. The maximum Gasteiger partial charge on any atom is 0.279 e. The molecule has 0 unspecified atom stereocenters. The normalized spacial score (nSPS) is 10.8. The average molecular weight is 164 g/mol. The summed E-state index contributed by atoms with van der Waals surface area (Å²) < 4.78 is 0. The van der Waals surface area contributed by atoms with Crippen LogP contribution in [0.2, 0.25) is 0 Å². The van der Waals surface area contributed by atoms with Gasteiger partial charge in [-0.05, 0) is 6.42 Å². The number of fused-ring (bicyclic) bond motifs is 1. The minimum atomic E-state index is -0.198. The first-order valence-corrected chi connectivity index (χ1v) is 3.73. The van der Waals surface area contributed by atoms with Crippen LogP contribution in [0.5, 0.6) is 0 Å². The molecule has 5 heteroatoms. The van der Waals surface area contributed by atoms with Gasteiger partial charge in [-0.15, -0.1) is 0 Å². The van der Waals surface area contributed by atoms with E-state index >= 15 is 0 Å². The Kier molecular flexibility index (Phi) is 1.43. The van der Waals surface area contributed by atoms with Gasteiger partial charge in [-0.3, -0.25) is 9.89 Å². The summed E-state index contributed by atoms with van der Waals surface area (Å²) in [6, 6.07) is 0. The van der Waals surface area contributed by atoms with Gasteiger partial charge in [-0.2, -0.15) is 5.10 Å². The number of aryl methyl sites for hydroxylation is 1. The molecule has 0 spiro atoms. The molecule has 0 atom stereocenters. The number of rotatable bonds is 1. The molecule has 0 aliphatic rings. The standard InChI is InChI=1S/C7H8N4O/c1-2-4-5-6(11-10-4)7(12)9-3-8-5/h3H,2H2,1H3,(H,10,11)(H,8,9,12). The van der Waals surface area contributed by atoms with Crippen LogP contribution in [0, 0.1) is 0 Å². The van der Waals surface area contributed by atoms with Crippen LogP contribution in [0.4, 0.5) is 0 Å². The van der Waals surface area contributed by atoms with Gasteiger partial charge in [0, 0.05) is 0 Å². The fourth-order valence-corrected chi connectivity index (χ4v) is 1.14. The topological polar surface area (TPSA) is 74.4 Å². The zero-order valence-electron chi connectivity index (χ0n) is 6.59. The molecule has 2 rings (SSSR count). The van der Waals surface area contributed by atoms with Crippen LogP contribution in [0.15, 0.2) is 11.1 Å². The molecule has 5 nitrogen and oxygen atoms in total. The third-order valence-corrected chi connectivity index (χ3v) is 1.77. The molecule has 2 aromatic rings. The smallest absolute Gasteiger partial charge is 0.279 e. The molecule has 62 valence electrons. The second-order valence-electron chi connectivity index (χ2n) is 2.48. The van der Waals surface area contributed by atoms with Crippen LogP contribution in [-0.2, 0) is 6.42 Å². The number of aromatic amines is 2. The molecule has 0 bridgehead atoms. The van der Waals surface area contributed by atoms with Crippen molar-refractivity contribution in [1.82, 2.24) is 20.2 Å². The van der Waals surface area contributed by atoms with Crippen molar-refractivity contribution >= 4 is 11.0 Å². The Morgan fingerprint density at radius 2 is 2.33 bits per heavy atom. The van der Waals surface area contributed by atoms with Gasteiger partial charge in [0.2, 0.25) is 0 Å². The third kappa shape index (κ3) is 0.827. The van der Waals surface area contributed by atoms with Crippen molar-refractivity contribution in [1.29, 1.82) is 0 Å². The van der Waals surface area contributed by atoms with Crippen molar-refractivity contribution in [3.05, 3.63) is 22.4 Å². The maximum atomic E-state index is 11.1. The molecular formula is C7H8N4O. The Labute approximate surface area is 67.8 Å². The van der Waals surface area contributed by atoms with Gasteiger partial charge < -0.3 is 4.98 Å². The van der Waals surface area contributed by atoms with Gasteiger partial charge in [-0.25, -0.2) is 4.98 Å². The number of hydrogen-bond donors (Lipinski definition) is 2. The summed E-state index contributed by atoms with van der Waals surface area (Å²) in [4.78, 5) is 17.6.